The Morgan fingerprint density at radius 2 is 2.40 bits per heavy atom. The highest BCUT2D eigenvalue weighted by Gasteiger charge is 2.27. The van der Waals surface area contributed by atoms with E-state index in [0.717, 1.165) is 29.6 Å². The fourth-order valence-electron chi connectivity index (χ4n) is 2.96. The van der Waals surface area contributed by atoms with E-state index in [1.807, 2.05) is 17.5 Å². The predicted octanol–water partition coefficient (Wildman–Crippen LogP) is 3.10. The Kier molecular flexibility index (Phi) is 4.19. The Balaban J connectivity index is 1.73. The molecule has 1 saturated heterocycles. The average Bonchev–Trinajstić information content (AvgIpc) is 3.11. The molecule has 1 fully saturated rings. The molecule has 20 heavy (non-hydrogen) atoms. The van der Waals surface area contributed by atoms with Crippen LogP contribution in [0.5, 0.6) is 0 Å². The first-order valence-corrected chi connectivity index (χ1v) is 8.10. The van der Waals surface area contributed by atoms with Gasteiger partial charge in [0.25, 0.3) is 0 Å². The predicted molar refractivity (Wildman–Crippen MR) is 81.5 cm³/mol. The van der Waals surface area contributed by atoms with Crippen molar-refractivity contribution in [3.8, 4) is 10.8 Å². The van der Waals surface area contributed by atoms with Crippen molar-refractivity contribution in [3.63, 3.8) is 0 Å². The van der Waals surface area contributed by atoms with Crippen molar-refractivity contribution in [2.24, 2.45) is 5.73 Å². The summed E-state index contributed by atoms with van der Waals surface area (Å²) in [5, 5.41) is 2.04. The third-order valence-electron chi connectivity index (χ3n) is 4.09. The second kappa shape index (κ2) is 6.08. The van der Waals surface area contributed by atoms with Crippen LogP contribution < -0.4 is 5.73 Å². The maximum absolute atomic E-state index is 5.91. The Hall–Kier alpha value is -1.17. The number of oxazole rings is 1. The smallest absolute Gasteiger partial charge is 0.236 e. The summed E-state index contributed by atoms with van der Waals surface area (Å²) >= 11 is 1.65. The van der Waals surface area contributed by atoms with E-state index in [1.54, 1.807) is 17.6 Å². The highest BCUT2D eigenvalue weighted by molar-refractivity contribution is 7.13. The minimum atomic E-state index is 0.473. The number of hydrogen-bond donors (Lipinski definition) is 1. The molecule has 2 unspecified atom stereocenters. The Bertz CT molecular complexity index is 537. The van der Waals surface area contributed by atoms with Crippen LogP contribution >= 0.6 is 11.3 Å². The fraction of sp³-hybridized carbons (Fsp3) is 0.533. The second-order valence-corrected chi connectivity index (χ2v) is 6.41. The number of hydrogen-bond acceptors (Lipinski definition) is 5. The van der Waals surface area contributed by atoms with Crippen LogP contribution in [0.1, 0.15) is 31.9 Å². The molecule has 0 aliphatic carbocycles. The molecule has 3 heterocycles. The number of nitrogens with zero attached hydrogens (tertiary/aromatic N) is 2. The van der Waals surface area contributed by atoms with E-state index in [2.05, 4.69) is 16.8 Å². The first-order chi connectivity index (χ1) is 9.78. The number of rotatable bonds is 4. The maximum Gasteiger partial charge on any atom is 0.236 e. The molecule has 2 aromatic rings. The van der Waals surface area contributed by atoms with Crippen LogP contribution in [0.4, 0.5) is 0 Å². The lowest BCUT2D eigenvalue weighted by Crippen LogP contribution is -2.48. The molecule has 3 rings (SSSR count). The molecule has 2 atom stereocenters. The van der Waals surface area contributed by atoms with E-state index in [9.17, 15) is 0 Å². The van der Waals surface area contributed by atoms with Crippen molar-refractivity contribution < 1.29 is 4.42 Å². The number of likely N-dealkylation sites (tertiary alicyclic amines) is 1. The van der Waals surface area contributed by atoms with Crippen molar-refractivity contribution in [1.29, 1.82) is 0 Å². The van der Waals surface area contributed by atoms with Gasteiger partial charge in [0, 0.05) is 25.2 Å². The van der Waals surface area contributed by atoms with E-state index in [0.29, 0.717) is 12.1 Å². The molecular weight excluding hydrogens is 270 g/mol. The summed E-state index contributed by atoms with van der Waals surface area (Å²) in [4.78, 5) is 8.16. The molecule has 0 bridgehead atoms. The van der Waals surface area contributed by atoms with Gasteiger partial charge in [-0.15, -0.1) is 11.3 Å². The largest absolute Gasteiger partial charge is 0.444 e. The number of nitrogens with two attached hydrogens (primary N) is 1. The minimum absolute atomic E-state index is 0.473. The maximum atomic E-state index is 5.91. The van der Waals surface area contributed by atoms with Crippen LogP contribution in [-0.2, 0) is 6.54 Å². The quantitative estimate of drug-likeness (QED) is 0.940. The van der Waals surface area contributed by atoms with Gasteiger partial charge in [0.15, 0.2) is 0 Å². The van der Waals surface area contributed by atoms with Crippen LogP contribution in [0.25, 0.3) is 10.8 Å². The minimum Gasteiger partial charge on any atom is -0.444 e. The van der Waals surface area contributed by atoms with Crippen LogP contribution in [0.15, 0.2) is 28.2 Å². The van der Waals surface area contributed by atoms with E-state index in [4.69, 9.17) is 10.2 Å². The summed E-state index contributed by atoms with van der Waals surface area (Å²) in [7, 11) is 0. The number of thiophene rings is 1. The number of aromatic nitrogens is 1. The fourth-order valence-corrected chi connectivity index (χ4v) is 3.61. The molecule has 0 aromatic carbocycles. The zero-order valence-electron chi connectivity index (χ0n) is 11.8. The van der Waals surface area contributed by atoms with Crippen molar-refractivity contribution in [2.45, 2.75) is 44.8 Å². The molecule has 0 amide bonds. The lowest BCUT2D eigenvalue weighted by atomic mass is 9.96. The van der Waals surface area contributed by atoms with E-state index < -0.39 is 0 Å². The van der Waals surface area contributed by atoms with Crippen molar-refractivity contribution in [1.82, 2.24) is 9.88 Å². The summed E-state index contributed by atoms with van der Waals surface area (Å²) < 4.78 is 5.60. The lowest BCUT2D eigenvalue weighted by Gasteiger charge is -2.39. The summed E-state index contributed by atoms with van der Waals surface area (Å²) in [6.45, 7) is 3.83. The van der Waals surface area contributed by atoms with Crippen LogP contribution in [0.2, 0.25) is 0 Å². The van der Waals surface area contributed by atoms with Crippen molar-refractivity contribution in [3.05, 3.63) is 29.5 Å². The van der Waals surface area contributed by atoms with Gasteiger partial charge in [0.05, 0.1) is 10.6 Å². The third kappa shape index (κ3) is 2.80. The Morgan fingerprint density at radius 1 is 1.50 bits per heavy atom. The van der Waals surface area contributed by atoms with E-state index in [1.165, 1.54) is 19.3 Å². The molecule has 1 aliphatic heterocycles. The molecule has 0 saturated carbocycles. The zero-order chi connectivity index (χ0) is 13.9. The number of piperidine rings is 1. The molecular formula is C15H21N3OS. The summed E-state index contributed by atoms with van der Waals surface area (Å²) in [6, 6.07) is 5.09. The highest BCUT2D eigenvalue weighted by Crippen LogP contribution is 2.27. The van der Waals surface area contributed by atoms with Gasteiger partial charge < -0.3 is 10.2 Å². The molecule has 0 spiro atoms. The highest BCUT2D eigenvalue weighted by atomic mass is 32.1. The molecule has 2 aromatic heterocycles. The van der Waals surface area contributed by atoms with Crippen molar-refractivity contribution >= 4 is 11.3 Å². The van der Waals surface area contributed by atoms with Gasteiger partial charge in [0.2, 0.25) is 5.89 Å². The van der Waals surface area contributed by atoms with Gasteiger partial charge in [-0.2, -0.15) is 0 Å². The van der Waals surface area contributed by atoms with E-state index >= 15 is 0 Å². The van der Waals surface area contributed by atoms with Gasteiger partial charge in [-0.3, -0.25) is 4.90 Å². The zero-order valence-corrected chi connectivity index (χ0v) is 12.6. The molecule has 1 aliphatic rings. The van der Waals surface area contributed by atoms with Crippen LogP contribution in [0, 0.1) is 0 Å². The molecule has 108 valence electrons. The SMILES string of the molecule is CC1CCCC(CN)N1Cc1coc(-c2cccs2)n1. The van der Waals surface area contributed by atoms with E-state index in [-0.39, 0.29) is 0 Å². The molecule has 0 radical (unpaired) electrons. The Labute approximate surface area is 123 Å². The summed E-state index contributed by atoms with van der Waals surface area (Å²) in [5.74, 6) is 0.726. The first kappa shape index (κ1) is 13.8. The topological polar surface area (TPSA) is 55.3 Å². The summed E-state index contributed by atoms with van der Waals surface area (Å²) in [6.07, 6.45) is 5.49. The van der Waals surface area contributed by atoms with Gasteiger partial charge >= 0.3 is 0 Å². The Morgan fingerprint density at radius 3 is 3.15 bits per heavy atom. The molecule has 4 nitrogen and oxygen atoms in total. The standard InChI is InChI=1S/C15H21N3OS/c1-11-4-2-5-13(8-16)18(11)9-12-10-19-15(17-12)14-6-3-7-20-14/h3,6-7,10-11,13H,2,4-5,8-9,16H2,1H3. The van der Waals surface area contributed by atoms with Gasteiger partial charge in [-0.1, -0.05) is 12.5 Å². The van der Waals surface area contributed by atoms with Gasteiger partial charge in [-0.05, 0) is 31.2 Å². The monoisotopic (exact) mass is 291 g/mol. The van der Waals surface area contributed by atoms with Crippen molar-refractivity contribution in [2.75, 3.05) is 6.54 Å². The van der Waals surface area contributed by atoms with Gasteiger partial charge in [0.1, 0.15) is 6.26 Å². The second-order valence-electron chi connectivity index (χ2n) is 5.46. The lowest BCUT2D eigenvalue weighted by molar-refractivity contribution is 0.0878. The molecule has 2 N–H and O–H groups in total. The van der Waals surface area contributed by atoms with Crippen LogP contribution in [-0.4, -0.2) is 28.5 Å². The van der Waals surface area contributed by atoms with Crippen LogP contribution in [0.3, 0.4) is 0 Å². The first-order valence-electron chi connectivity index (χ1n) is 7.22. The normalized spacial score (nSPS) is 24.1. The third-order valence-corrected chi connectivity index (χ3v) is 4.95. The molecule has 5 heteroatoms. The van der Waals surface area contributed by atoms with Gasteiger partial charge in [-0.25, -0.2) is 4.98 Å². The average molecular weight is 291 g/mol. The summed E-state index contributed by atoms with van der Waals surface area (Å²) in [5.41, 5.74) is 6.91.